The fourth-order valence-corrected chi connectivity index (χ4v) is 3.05. The van der Waals surface area contributed by atoms with Crippen molar-refractivity contribution in [1.29, 1.82) is 0 Å². The highest BCUT2D eigenvalue weighted by atomic mass is 79.9. The molecule has 1 rings (SSSR count). The molecular weight excluding hydrogens is 362 g/mol. The third-order valence-electron chi connectivity index (χ3n) is 3.16. The van der Waals surface area contributed by atoms with Crippen molar-refractivity contribution in [1.82, 2.24) is 10.2 Å². The summed E-state index contributed by atoms with van der Waals surface area (Å²) in [7, 11) is 2.91. The molecule has 0 bridgehead atoms. The number of guanidine groups is 1. The Kier molecular flexibility index (Phi) is 7.56. The van der Waals surface area contributed by atoms with Crippen LogP contribution >= 0.6 is 15.9 Å². The molecule has 0 fully saturated rings. The van der Waals surface area contributed by atoms with Crippen molar-refractivity contribution in [2.75, 3.05) is 26.4 Å². The number of rotatable bonds is 5. The quantitative estimate of drug-likeness (QED) is 0.623. The van der Waals surface area contributed by atoms with Crippen molar-refractivity contribution >= 4 is 32.7 Å². The van der Waals surface area contributed by atoms with E-state index < -0.39 is 10.8 Å². The van der Waals surface area contributed by atoms with Gasteiger partial charge in [0.25, 0.3) is 0 Å². The highest BCUT2D eigenvalue weighted by Gasteiger charge is 2.19. The summed E-state index contributed by atoms with van der Waals surface area (Å²) in [6.45, 7) is 7.42. The Bertz CT molecular complexity index is 523. The van der Waals surface area contributed by atoms with E-state index >= 15 is 0 Å². The minimum atomic E-state index is -0.851. The van der Waals surface area contributed by atoms with Gasteiger partial charge in [-0.2, -0.15) is 0 Å². The molecule has 0 heterocycles. The maximum atomic E-state index is 12.0. The zero-order valence-electron chi connectivity index (χ0n) is 14.0. The third-order valence-corrected chi connectivity index (χ3v) is 5.63. The molecule has 0 aliphatic heterocycles. The maximum absolute atomic E-state index is 12.0. The van der Waals surface area contributed by atoms with Crippen molar-refractivity contribution < 1.29 is 4.21 Å². The van der Waals surface area contributed by atoms with Crippen LogP contribution in [0.15, 0.2) is 33.7 Å². The average Bonchev–Trinajstić information content (AvgIpc) is 2.44. The van der Waals surface area contributed by atoms with Crippen LogP contribution in [0.5, 0.6) is 0 Å². The van der Waals surface area contributed by atoms with Gasteiger partial charge < -0.3 is 10.2 Å². The van der Waals surface area contributed by atoms with Crippen LogP contribution in [0.2, 0.25) is 0 Å². The van der Waals surface area contributed by atoms with Gasteiger partial charge in [0, 0.05) is 53.0 Å². The monoisotopic (exact) mass is 387 g/mol. The Balaban J connectivity index is 2.50. The summed E-state index contributed by atoms with van der Waals surface area (Å²) in [5.41, 5.74) is 1.21. The zero-order chi connectivity index (χ0) is 16.8. The van der Waals surface area contributed by atoms with E-state index in [2.05, 4.69) is 43.3 Å². The molecule has 1 aromatic rings. The molecule has 124 valence electrons. The predicted molar refractivity (Wildman–Crippen MR) is 99.7 cm³/mol. The van der Waals surface area contributed by atoms with Crippen LogP contribution < -0.4 is 5.32 Å². The number of hydrogen-bond acceptors (Lipinski definition) is 2. The second kappa shape index (κ2) is 8.67. The van der Waals surface area contributed by atoms with Crippen LogP contribution in [-0.4, -0.2) is 46.2 Å². The minimum absolute atomic E-state index is 0.172. The van der Waals surface area contributed by atoms with Gasteiger partial charge in [0.2, 0.25) is 0 Å². The molecule has 1 N–H and O–H groups in total. The van der Waals surface area contributed by atoms with Gasteiger partial charge in [0.15, 0.2) is 5.96 Å². The van der Waals surface area contributed by atoms with Gasteiger partial charge in [-0.05, 0) is 38.5 Å². The standard InChI is InChI=1S/C16H26BrN3OS/c1-16(2,3)22(21)11-10-19-15(18-4)20(5)12-13-6-8-14(17)9-7-13/h6-9H,10-12H2,1-5H3,(H,18,19). The van der Waals surface area contributed by atoms with Gasteiger partial charge in [-0.3, -0.25) is 9.20 Å². The summed E-state index contributed by atoms with van der Waals surface area (Å²) in [4.78, 5) is 6.34. The topological polar surface area (TPSA) is 44.7 Å². The molecule has 1 atom stereocenters. The van der Waals surface area contributed by atoms with Crippen molar-refractivity contribution in [3.63, 3.8) is 0 Å². The molecular formula is C16H26BrN3OS. The maximum Gasteiger partial charge on any atom is 0.193 e. The first-order chi connectivity index (χ1) is 10.2. The molecule has 0 radical (unpaired) electrons. The van der Waals surface area contributed by atoms with E-state index in [0.717, 1.165) is 17.0 Å². The Morgan fingerprint density at radius 2 is 1.91 bits per heavy atom. The first kappa shape index (κ1) is 19.2. The Hall–Kier alpha value is -0.880. The van der Waals surface area contributed by atoms with Gasteiger partial charge >= 0.3 is 0 Å². The molecule has 0 aromatic heterocycles. The van der Waals surface area contributed by atoms with Crippen molar-refractivity contribution in [3.05, 3.63) is 34.3 Å². The summed E-state index contributed by atoms with van der Waals surface area (Å²) in [5.74, 6) is 1.43. The first-order valence-electron chi connectivity index (χ1n) is 7.28. The fraction of sp³-hybridized carbons (Fsp3) is 0.562. The first-order valence-corrected chi connectivity index (χ1v) is 9.40. The SMILES string of the molecule is CN=C(NCCS(=O)C(C)(C)C)N(C)Cc1ccc(Br)cc1. The van der Waals surface area contributed by atoms with Crippen LogP contribution in [0.4, 0.5) is 0 Å². The molecule has 1 aromatic carbocycles. The van der Waals surface area contributed by atoms with Gasteiger partial charge in [-0.1, -0.05) is 28.1 Å². The number of hydrogen-bond donors (Lipinski definition) is 1. The molecule has 22 heavy (non-hydrogen) atoms. The molecule has 0 spiro atoms. The van der Waals surface area contributed by atoms with Crippen molar-refractivity contribution in [3.8, 4) is 0 Å². The Morgan fingerprint density at radius 3 is 2.41 bits per heavy atom. The van der Waals surface area contributed by atoms with Crippen LogP contribution in [-0.2, 0) is 17.3 Å². The number of halogens is 1. The normalized spacial score (nSPS) is 13.8. The van der Waals surface area contributed by atoms with E-state index in [9.17, 15) is 4.21 Å². The third kappa shape index (κ3) is 6.48. The van der Waals surface area contributed by atoms with Gasteiger partial charge in [0.05, 0.1) is 0 Å². The summed E-state index contributed by atoms with van der Waals surface area (Å²) in [6, 6.07) is 8.24. The minimum Gasteiger partial charge on any atom is -0.355 e. The summed E-state index contributed by atoms with van der Waals surface area (Å²) >= 11 is 3.44. The van der Waals surface area contributed by atoms with E-state index in [-0.39, 0.29) is 4.75 Å². The van der Waals surface area contributed by atoms with Crippen molar-refractivity contribution in [2.45, 2.75) is 32.1 Å². The van der Waals surface area contributed by atoms with E-state index in [0.29, 0.717) is 12.3 Å². The second-order valence-electron chi connectivity index (χ2n) is 6.12. The molecule has 0 saturated carbocycles. The van der Waals surface area contributed by atoms with Crippen LogP contribution in [0, 0.1) is 0 Å². The lowest BCUT2D eigenvalue weighted by atomic mass is 10.2. The number of nitrogens with one attached hydrogen (secondary N) is 1. The van der Waals surface area contributed by atoms with Gasteiger partial charge in [0.1, 0.15) is 0 Å². The smallest absolute Gasteiger partial charge is 0.193 e. The van der Waals surface area contributed by atoms with Gasteiger partial charge in [-0.25, -0.2) is 0 Å². The summed E-state index contributed by atoms with van der Waals surface area (Å²) in [6.07, 6.45) is 0. The molecule has 0 aliphatic carbocycles. The number of aliphatic imine (C=N–C) groups is 1. The molecule has 6 heteroatoms. The lowest BCUT2D eigenvalue weighted by Crippen LogP contribution is -2.41. The highest BCUT2D eigenvalue weighted by molar-refractivity contribution is 9.10. The van der Waals surface area contributed by atoms with E-state index in [1.807, 2.05) is 40.0 Å². The van der Waals surface area contributed by atoms with Crippen LogP contribution in [0.3, 0.4) is 0 Å². The van der Waals surface area contributed by atoms with E-state index in [1.165, 1.54) is 5.56 Å². The molecule has 0 amide bonds. The van der Waals surface area contributed by atoms with Crippen LogP contribution in [0.1, 0.15) is 26.3 Å². The zero-order valence-corrected chi connectivity index (χ0v) is 16.4. The number of benzene rings is 1. The van der Waals surface area contributed by atoms with E-state index in [1.54, 1.807) is 7.05 Å². The van der Waals surface area contributed by atoms with Crippen LogP contribution in [0.25, 0.3) is 0 Å². The molecule has 0 saturated heterocycles. The average molecular weight is 388 g/mol. The second-order valence-corrected chi connectivity index (χ2v) is 9.36. The highest BCUT2D eigenvalue weighted by Crippen LogP contribution is 2.12. The van der Waals surface area contributed by atoms with E-state index in [4.69, 9.17) is 0 Å². The molecule has 0 aliphatic rings. The lowest BCUT2D eigenvalue weighted by molar-refractivity contribution is 0.479. The number of nitrogens with zero attached hydrogens (tertiary/aromatic N) is 2. The Labute approximate surface area is 145 Å². The fourth-order valence-electron chi connectivity index (χ4n) is 1.89. The summed E-state index contributed by atoms with van der Waals surface area (Å²) in [5, 5.41) is 3.28. The summed E-state index contributed by atoms with van der Waals surface area (Å²) < 4.78 is 12.9. The largest absolute Gasteiger partial charge is 0.355 e. The lowest BCUT2D eigenvalue weighted by Gasteiger charge is -2.23. The molecule has 4 nitrogen and oxygen atoms in total. The predicted octanol–water partition coefficient (Wildman–Crippen LogP) is 3.00. The van der Waals surface area contributed by atoms with Gasteiger partial charge in [-0.15, -0.1) is 0 Å². The van der Waals surface area contributed by atoms with Crippen molar-refractivity contribution in [2.24, 2.45) is 4.99 Å². The molecule has 1 unspecified atom stereocenters. The Morgan fingerprint density at radius 1 is 1.32 bits per heavy atom.